The number of thiazole rings is 1. The molecule has 2 fully saturated rings. The van der Waals surface area contributed by atoms with E-state index in [2.05, 4.69) is 22.0 Å². The maximum absolute atomic E-state index is 12.1. The zero-order valence-corrected chi connectivity index (χ0v) is 23.4. The number of nitriles is 1. The van der Waals surface area contributed by atoms with Crippen LogP contribution in [0.4, 0.5) is 16.6 Å². The van der Waals surface area contributed by atoms with Crippen LogP contribution in [0.25, 0.3) is 22.3 Å². The van der Waals surface area contributed by atoms with E-state index in [9.17, 15) is 15.2 Å². The van der Waals surface area contributed by atoms with E-state index in [0.717, 1.165) is 41.1 Å². The fraction of sp³-hybridized carbons (Fsp3) is 0.393. The summed E-state index contributed by atoms with van der Waals surface area (Å²) < 4.78 is 1.90. The summed E-state index contributed by atoms with van der Waals surface area (Å²) in [7, 11) is 1.94. The van der Waals surface area contributed by atoms with Crippen LogP contribution in [0.2, 0.25) is 0 Å². The highest BCUT2D eigenvalue weighted by atomic mass is 32.1. The SMILES string of the molecule is CCn1nc2ncc(N3CC4(CN(C(=O)C(O)CO)C4)C3)cc2c1N(C)c1nc(-c2ccc(C)cc2)c(C#N)s1. The molecule has 1 amide bonds. The van der Waals surface area contributed by atoms with Crippen LogP contribution in [0.3, 0.4) is 0 Å². The number of fused-ring (bicyclic) bond motifs is 1. The molecule has 3 aromatic heterocycles. The Labute approximate surface area is 235 Å². The van der Waals surface area contributed by atoms with Gasteiger partial charge in [-0.1, -0.05) is 41.2 Å². The standard InChI is InChI=1S/C28H30N8O3S/c1-4-36-25(33(3)27-31-23(22(10-29)40-27)18-7-5-17(2)6-8-18)20-9-19(11-30-24(20)32-36)34-13-28(14-34)15-35(16-28)26(39)21(38)12-37/h5-9,11,21,37-38H,4,12-16H2,1-3H3. The van der Waals surface area contributed by atoms with Crippen molar-refractivity contribution in [3.05, 3.63) is 47.0 Å². The fourth-order valence-corrected chi connectivity index (χ4v) is 6.47. The quantitative estimate of drug-likeness (QED) is 0.351. The number of nitrogens with zero attached hydrogens (tertiary/aromatic N) is 8. The highest BCUT2D eigenvalue weighted by Gasteiger charge is 2.53. The molecule has 1 atom stereocenters. The maximum atomic E-state index is 12.1. The third-order valence-corrected chi connectivity index (χ3v) is 8.78. The highest BCUT2D eigenvalue weighted by Crippen LogP contribution is 2.43. The second kappa shape index (κ2) is 9.85. The molecule has 6 rings (SSSR count). The van der Waals surface area contributed by atoms with Crippen LogP contribution >= 0.6 is 11.3 Å². The number of aromatic nitrogens is 4. The van der Waals surface area contributed by atoms with Crippen LogP contribution < -0.4 is 9.80 Å². The van der Waals surface area contributed by atoms with Crippen molar-refractivity contribution in [3.8, 4) is 17.3 Å². The Morgan fingerprint density at radius 2 is 1.98 bits per heavy atom. The van der Waals surface area contributed by atoms with E-state index in [4.69, 9.17) is 15.2 Å². The molecule has 40 heavy (non-hydrogen) atoms. The molecule has 0 saturated carbocycles. The summed E-state index contributed by atoms with van der Waals surface area (Å²) in [6.45, 7) is 6.85. The summed E-state index contributed by atoms with van der Waals surface area (Å²) in [5.41, 5.74) is 4.34. The topological polar surface area (TPSA) is 135 Å². The molecule has 206 valence electrons. The average molecular weight is 559 g/mol. The lowest BCUT2D eigenvalue weighted by molar-refractivity contribution is -0.156. The van der Waals surface area contributed by atoms with Crippen LogP contribution in [0.15, 0.2) is 36.5 Å². The zero-order valence-electron chi connectivity index (χ0n) is 22.6. The smallest absolute Gasteiger partial charge is 0.253 e. The van der Waals surface area contributed by atoms with E-state index >= 15 is 0 Å². The predicted molar refractivity (Wildman–Crippen MR) is 153 cm³/mol. The van der Waals surface area contributed by atoms with E-state index in [1.165, 1.54) is 11.3 Å². The molecule has 1 aromatic carbocycles. The van der Waals surface area contributed by atoms with Gasteiger partial charge in [0.15, 0.2) is 16.9 Å². The highest BCUT2D eigenvalue weighted by molar-refractivity contribution is 7.16. The Morgan fingerprint density at radius 3 is 2.62 bits per heavy atom. The number of aryl methyl sites for hydroxylation is 2. The number of aliphatic hydroxyl groups is 2. The third-order valence-electron chi connectivity index (χ3n) is 7.74. The van der Waals surface area contributed by atoms with Crippen molar-refractivity contribution in [1.82, 2.24) is 24.6 Å². The van der Waals surface area contributed by atoms with E-state index in [1.54, 1.807) is 4.90 Å². The summed E-state index contributed by atoms with van der Waals surface area (Å²) in [6.07, 6.45) is 0.483. The minimum Gasteiger partial charge on any atom is -0.393 e. The lowest BCUT2D eigenvalue weighted by Gasteiger charge is -2.61. The molecule has 2 aliphatic rings. The first-order valence-electron chi connectivity index (χ1n) is 13.2. The Morgan fingerprint density at radius 1 is 1.25 bits per heavy atom. The lowest BCUT2D eigenvalue weighted by atomic mass is 9.72. The lowest BCUT2D eigenvalue weighted by Crippen LogP contribution is -2.74. The number of anilines is 3. The van der Waals surface area contributed by atoms with Crippen molar-refractivity contribution in [1.29, 1.82) is 5.26 Å². The van der Waals surface area contributed by atoms with Crippen molar-refractivity contribution in [3.63, 3.8) is 0 Å². The number of benzene rings is 1. The van der Waals surface area contributed by atoms with Crippen LogP contribution in [-0.2, 0) is 11.3 Å². The number of hydrogen-bond acceptors (Lipinski definition) is 10. The number of carbonyl (C=O) groups is 1. The van der Waals surface area contributed by atoms with Gasteiger partial charge in [-0.3, -0.25) is 4.79 Å². The van der Waals surface area contributed by atoms with Gasteiger partial charge in [0.05, 0.1) is 23.9 Å². The molecule has 5 heterocycles. The number of carbonyl (C=O) groups excluding carboxylic acids is 1. The van der Waals surface area contributed by atoms with Crippen LogP contribution in [-0.4, -0.2) is 86.7 Å². The van der Waals surface area contributed by atoms with Crippen molar-refractivity contribution < 1.29 is 15.0 Å². The summed E-state index contributed by atoms with van der Waals surface area (Å²) >= 11 is 1.35. The summed E-state index contributed by atoms with van der Waals surface area (Å²) in [5.74, 6) is 0.441. The molecule has 2 aliphatic heterocycles. The molecule has 1 spiro atoms. The van der Waals surface area contributed by atoms with E-state index in [0.29, 0.717) is 41.0 Å². The number of rotatable bonds is 7. The van der Waals surface area contributed by atoms with Gasteiger partial charge in [-0.2, -0.15) is 10.4 Å². The number of likely N-dealkylation sites (tertiary alicyclic amines) is 1. The monoisotopic (exact) mass is 558 g/mol. The number of aliphatic hydroxyl groups excluding tert-OH is 2. The molecular formula is C28H30N8O3S. The molecule has 2 saturated heterocycles. The number of pyridine rings is 1. The van der Waals surface area contributed by atoms with Crippen molar-refractivity contribution in [2.45, 2.75) is 26.5 Å². The first kappa shape index (κ1) is 26.2. The molecule has 1 unspecified atom stereocenters. The molecule has 4 aromatic rings. The van der Waals surface area contributed by atoms with Crippen LogP contribution in [0.5, 0.6) is 0 Å². The fourth-order valence-electron chi connectivity index (χ4n) is 5.62. The zero-order chi connectivity index (χ0) is 28.2. The van der Waals surface area contributed by atoms with Crippen molar-refractivity contribution in [2.24, 2.45) is 5.41 Å². The Hall–Kier alpha value is -4.05. The van der Waals surface area contributed by atoms with Gasteiger partial charge in [0.25, 0.3) is 5.91 Å². The Kier molecular flexibility index (Phi) is 6.45. The third kappa shape index (κ3) is 4.27. The van der Waals surface area contributed by atoms with Crippen molar-refractivity contribution in [2.75, 3.05) is 49.6 Å². The van der Waals surface area contributed by atoms with Gasteiger partial charge in [-0.25, -0.2) is 14.6 Å². The summed E-state index contributed by atoms with van der Waals surface area (Å²) in [4.78, 5) is 28.0. The van der Waals surface area contributed by atoms with Gasteiger partial charge < -0.3 is 24.9 Å². The molecule has 12 heteroatoms. The van der Waals surface area contributed by atoms with Crippen molar-refractivity contribution >= 4 is 44.9 Å². The van der Waals surface area contributed by atoms with Gasteiger partial charge in [0.1, 0.15) is 22.5 Å². The van der Waals surface area contributed by atoms with Gasteiger partial charge in [0, 0.05) is 50.7 Å². The molecule has 2 N–H and O–H groups in total. The first-order valence-corrected chi connectivity index (χ1v) is 14.0. The van der Waals surface area contributed by atoms with Gasteiger partial charge in [0.2, 0.25) is 0 Å². The van der Waals surface area contributed by atoms with E-state index in [-0.39, 0.29) is 5.41 Å². The summed E-state index contributed by atoms with van der Waals surface area (Å²) in [5, 5.41) is 34.8. The first-order chi connectivity index (χ1) is 19.3. The van der Waals surface area contributed by atoms with Crippen LogP contribution in [0.1, 0.15) is 17.4 Å². The normalized spacial score (nSPS) is 16.5. The molecule has 11 nitrogen and oxygen atoms in total. The number of hydrogen-bond donors (Lipinski definition) is 2. The van der Waals surface area contributed by atoms with Crippen LogP contribution in [0, 0.1) is 23.7 Å². The predicted octanol–water partition coefficient (Wildman–Crippen LogP) is 2.52. The number of amides is 1. The average Bonchev–Trinajstić information content (AvgIpc) is 3.52. The maximum Gasteiger partial charge on any atom is 0.253 e. The summed E-state index contributed by atoms with van der Waals surface area (Å²) in [6, 6.07) is 12.4. The van der Waals surface area contributed by atoms with E-state index in [1.807, 2.05) is 60.9 Å². The Bertz CT molecular complexity index is 1630. The molecule has 0 aliphatic carbocycles. The second-order valence-electron chi connectivity index (χ2n) is 10.7. The van der Waals surface area contributed by atoms with E-state index < -0.39 is 18.6 Å². The molecule has 0 radical (unpaired) electrons. The minimum absolute atomic E-state index is 0.00791. The Balaban J connectivity index is 1.26. The van der Waals surface area contributed by atoms with Gasteiger partial charge in [-0.05, 0) is 19.9 Å². The van der Waals surface area contributed by atoms with Gasteiger partial charge >= 0.3 is 0 Å². The largest absolute Gasteiger partial charge is 0.393 e. The minimum atomic E-state index is -1.35. The van der Waals surface area contributed by atoms with Gasteiger partial charge in [-0.15, -0.1) is 0 Å². The molecule has 0 bridgehead atoms. The second-order valence-corrected chi connectivity index (χ2v) is 11.6. The molecular weight excluding hydrogens is 528 g/mol.